The number of esters is 1. The number of phenolic OH excluding ortho intramolecular Hbond substituents is 1. The number of ketones is 1. The molecule has 0 bridgehead atoms. The fourth-order valence-electron chi connectivity index (χ4n) is 3.45. The van der Waals surface area contributed by atoms with Crippen LogP contribution in [0, 0.1) is 27.7 Å². The Hall–Kier alpha value is -3.34. The summed E-state index contributed by atoms with van der Waals surface area (Å²) in [4.78, 5) is 24.8. The normalized spacial score (nSPS) is 10.7. The van der Waals surface area contributed by atoms with Crippen LogP contribution in [0.3, 0.4) is 0 Å². The summed E-state index contributed by atoms with van der Waals surface area (Å²) in [5.74, 6) is -0.942. The molecule has 1 aromatic heterocycles. The van der Waals surface area contributed by atoms with Gasteiger partial charge in [0, 0.05) is 22.6 Å². The van der Waals surface area contributed by atoms with Gasteiger partial charge in [-0.1, -0.05) is 12.1 Å². The van der Waals surface area contributed by atoms with Gasteiger partial charge in [0.15, 0.2) is 6.61 Å². The smallest absolute Gasteiger partial charge is 0.338 e. The molecule has 0 amide bonds. The maximum Gasteiger partial charge on any atom is 0.338 e. The predicted octanol–water partition coefficient (Wildman–Crippen LogP) is 4.46. The molecule has 3 aromatic rings. The third kappa shape index (κ3) is 3.98. The molecule has 0 radical (unpaired) electrons. The van der Waals surface area contributed by atoms with Crippen molar-refractivity contribution in [3.63, 3.8) is 0 Å². The highest BCUT2D eigenvalue weighted by molar-refractivity contribution is 6.00. The van der Waals surface area contributed by atoms with E-state index in [1.54, 1.807) is 6.07 Å². The zero-order valence-corrected chi connectivity index (χ0v) is 16.4. The van der Waals surface area contributed by atoms with Crippen molar-refractivity contribution in [3.8, 4) is 11.4 Å². The highest BCUT2D eigenvalue weighted by Gasteiger charge is 2.19. The largest absolute Gasteiger partial charge is 0.508 e. The van der Waals surface area contributed by atoms with Gasteiger partial charge in [-0.15, -0.1) is 0 Å². The Morgan fingerprint density at radius 3 is 2.29 bits per heavy atom. The van der Waals surface area contributed by atoms with Gasteiger partial charge < -0.3 is 14.4 Å². The number of Topliss-reactive ketones (excluding diaryl/α,β-unsaturated/α-hetero) is 1. The number of ether oxygens (including phenoxy) is 1. The van der Waals surface area contributed by atoms with E-state index in [0.717, 1.165) is 28.2 Å². The molecule has 1 N–H and O–H groups in total. The van der Waals surface area contributed by atoms with E-state index in [2.05, 4.69) is 18.2 Å². The fourth-order valence-corrected chi connectivity index (χ4v) is 3.45. The number of carbonyl (C=O) groups excluding carboxylic acids is 2. The summed E-state index contributed by atoms with van der Waals surface area (Å²) >= 11 is 0. The SMILES string of the molecule is Cc1cc(C)cc(-n2c(C)cc(C(=O)COC(=O)c3cccc(O)c3)c2C)c1. The number of carbonyl (C=O) groups is 2. The van der Waals surface area contributed by atoms with Crippen LogP contribution < -0.4 is 0 Å². The Bertz CT molecular complexity index is 1040. The van der Waals surface area contributed by atoms with Gasteiger partial charge in [0.2, 0.25) is 5.78 Å². The average Bonchev–Trinajstić information content (AvgIpc) is 2.93. The van der Waals surface area contributed by atoms with Crippen molar-refractivity contribution in [2.45, 2.75) is 27.7 Å². The van der Waals surface area contributed by atoms with E-state index in [1.807, 2.05) is 38.3 Å². The van der Waals surface area contributed by atoms with Crippen molar-refractivity contribution in [3.05, 3.63) is 82.2 Å². The first-order valence-corrected chi connectivity index (χ1v) is 9.03. The van der Waals surface area contributed by atoms with Crippen molar-refractivity contribution in [2.24, 2.45) is 0 Å². The van der Waals surface area contributed by atoms with Gasteiger partial charge in [-0.3, -0.25) is 4.79 Å². The molecule has 28 heavy (non-hydrogen) atoms. The van der Waals surface area contributed by atoms with E-state index in [1.165, 1.54) is 18.2 Å². The van der Waals surface area contributed by atoms with Crippen LogP contribution in [0.5, 0.6) is 5.75 Å². The number of aryl methyl sites for hydroxylation is 3. The molecular weight excluding hydrogens is 354 g/mol. The lowest BCUT2D eigenvalue weighted by molar-refractivity contribution is 0.0474. The minimum Gasteiger partial charge on any atom is -0.508 e. The van der Waals surface area contributed by atoms with Crippen molar-refractivity contribution >= 4 is 11.8 Å². The minimum absolute atomic E-state index is 0.0298. The number of rotatable bonds is 5. The van der Waals surface area contributed by atoms with Crippen LogP contribution in [-0.2, 0) is 4.74 Å². The minimum atomic E-state index is -0.646. The van der Waals surface area contributed by atoms with Crippen molar-refractivity contribution in [2.75, 3.05) is 6.61 Å². The first kappa shape index (κ1) is 19.4. The molecule has 0 spiro atoms. The van der Waals surface area contributed by atoms with E-state index in [4.69, 9.17) is 4.74 Å². The van der Waals surface area contributed by atoms with Crippen LogP contribution in [0.15, 0.2) is 48.5 Å². The zero-order chi connectivity index (χ0) is 20.4. The molecule has 1 heterocycles. The van der Waals surface area contributed by atoms with Crippen LogP contribution >= 0.6 is 0 Å². The Kier molecular flexibility index (Phi) is 5.36. The van der Waals surface area contributed by atoms with Gasteiger partial charge in [0.05, 0.1) is 5.56 Å². The van der Waals surface area contributed by atoms with Gasteiger partial charge in [0.25, 0.3) is 0 Å². The molecular formula is C23H23NO4. The van der Waals surface area contributed by atoms with Gasteiger partial charge in [-0.2, -0.15) is 0 Å². The predicted molar refractivity (Wildman–Crippen MR) is 107 cm³/mol. The molecule has 5 nitrogen and oxygen atoms in total. The van der Waals surface area contributed by atoms with E-state index in [9.17, 15) is 14.7 Å². The molecule has 0 aliphatic heterocycles. The van der Waals surface area contributed by atoms with Gasteiger partial charge in [-0.25, -0.2) is 4.79 Å². The lowest BCUT2D eigenvalue weighted by atomic mass is 10.1. The van der Waals surface area contributed by atoms with Crippen molar-refractivity contribution in [1.29, 1.82) is 0 Å². The summed E-state index contributed by atoms with van der Waals surface area (Å²) in [6.45, 7) is 7.55. The number of hydrogen-bond acceptors (Lipinski definition) is 4. The second-order valence-corrected chi connectivity index (χ2v) is 7.02. The van der Waals surface area contributed by atoms with Gasteiger partial charge >= 0.3 is 5.97 Å². The third-order valence-corrected chi connectivity index (χ3v) is 4.61. The maximum absolute atomic E-state index is 12.7. The number of aromatic nitrogens is 1. The summed E-state index contributed by atoms with van der Waals surface area (Å²) in [6, 6.07) is 13.9. The van der Waals surface area contributed by atoms with Crippen LogP contribution in [0.1, 0.15) is 43.2 Å². The number of aromatic hydroxyl groups is 1. The molecule has 5 heteroatoms. The molecule has 0 saturated carbocycles. The standard InChI is InChI=1S/C23H23NO4/c1-14-8-15(2)10-19(9-14)24-16(3)11-21(17(24)4)22(26)13-28-23(27)18-6-5-7-20(25)12-18/h5-12,25H,13H2,1-4H3. The number of benzene rings is 2. The molecule has 3 rings (SSSR count). The Morgan fingerprint density at radius 1 is 0.964 bits per heavy atom. The van der Waals surface area contributed by atoms with E-state index >= 15 is 0 Å². The van der Waals surface area contributed by atoms with E-state index < -0.39 is 5.97 Å². The van der Waals surface area contributed by atoms with Crippen LogP contribution in [0.25, 0.3) is 5.69 Å². The molecule has 0 fully saturated rings. The lowest BCUT2D eigenvalue weighted by Crippen LogP contribution is -2.15. The van der Waals surface area contributed by atoms with Crippen LogP contribution in [-0.4, -0.2) is 28.0 Å². The highest BCUT2D eigenvalue weighted by atomic mass is 16.5. The Labute approximate surface area is 164 Å². The summed E-state index contributed by atoms with van der Waals surface area (Å²) in [5, 5.41) is 9.46. The molecule has 144 valence electrons. The zero-order valence-electron chi connectivity index (χ0n) is 16.4. The first-order chi connectivity index (χ1) is 13.3. The lowest BCUT2D eigenvalue weighted by Gasteiger charge is -2.12. The second kappa shape index (κ2) is 7.72. The third-order valence-electron chi connectivity index (χ3n) is 4.61. The summed E-state index contributed by atoms with van der Waals surface area (Å²) in [5.41, 5.74) is 5.77. The van der Waals surface area contributed by atoms with Crippen LogP contribution in [0.2, 0.25) is 0 Å². The summed E-state index contributed by atoms with van der Waals surface area (Å²) in [6.07, 6.45) is 0. The number of nitrogens with zero attached hydrogens (tertiary/aromatic N) is 1. The van der Waals surface area contributed by atoms with E-state index in [-0.39, 0.29) is 23.7 Å². The first-order valence-electron chi connectivity index (χ1n) is 9.03. The van der Waals surface area contributed by atoms with Crippen molar-refractivity contribution in [1.82, 2.24) is 4.57 Å². The average molecular weight is 377 g/mol. The maximum atomic E-state index is 12.7. The Balaban J connectivity index is 1.80. The van der Waals surface area contributed by atoms with Crippen molar-refractivity contribution < 1.29 is 19.4 Å². The quantitative estimate of drug-likeness (QED) is 0.527. The summed E-state index contributed by atoms with van der Waals surface area (Å²) in [7, 11) is 0. The van der Waals surface area contributed by atoms with E-state index in [0.29, 0.717) is 5.56 Å². The highest BCUT2D eigenvalue weighted by Crippen LogP contribution is 2.23. The number of phenols is 1. The summed E-state index contributed by atoms with van der Waals surface area (Å²) < 4.78 is 7.17. The topological polar surface area (TPSA) is 68.5 Å². The van der Waals surface area contributed by atoms with Gasteiger partial charge in [0.1, 0.15) is 5.75 Å². The molecule has 0 unspecified atom stereocenters. The monoisotopic (exact) mass is 377 g/mol. The molecule has 0 atom stereocenters. The molecule has 0 aliphatic carbocycles. The Morgan fingerprint density at radius 2 is 1.64 bits per heavy atom. The molecule has 0 aliphatic rings. The fraction of sp³-hybridized carbons (Fsp3) is 0.217. The molecule has 2 aromatic carbocycles. The molecule has 0 saturated heterocycles. The number of hydrogen-bond donors (Lipinski definition) is 1. The van der Waals surface area contributed by atoms with Crippen LogP contribution in [0.4, 0.5) is 0 Å². The second-order valence-electron chi connectivity index (χ2n) is 7.02. The van der Waals surface area contributed by atoms with Gasteiger partial charge in [-0.05, 0) is 75.2 Å².